The molecule has 0 saturated carbocycles. The second kappa shape index (κ2) is 5.54. The maximum absolute atomic E-state index is 12.2. The van der Waals surface area contributed by atoms with Gasteiger partial charge in [-0.1, -0.05) is 34.1 Å². The van der Waals surface area contributed by atoms with E-state index >= 15 is 0 Å². The van der Waals surface area contributed by atoms with E-state index in [9.17, 15) is 9.59 Å². The van der Waals surface area contributed by atoms with Crippen molar-refractivity contribution in [3.63, 3.8) is 0 Å². The third-order valence-corrected chi connectivity index (χ3v) is 3.63. The largest absolute Gasteiger partial charge is 0.322 e. The molecular weight excluding hydrogens is 332 g/mol. The number of amides is 1. The van der Waals surface area contributed by atoms with Crippen molar-refractivity contribution >= 4 is 38.4 Å². The Kier molecular flexibility index (Phi) is 3.58. The van der Waals surface area contributed by atoms with E-state index in [2.05, 4.69) is 26.2 Å². The van der Waals surface area contributed by atoms with Crippen LogP contribution in [0, 0.1) is 0 Å². The predicted octanol–water partition coefficient (Wildman–Crippen LogP) is 3.54. The summed E-state index contributed by atoms with van der Waals surface area (Å²) >= 11 is 3.33. The van der Waals surface area contributed by atoms with Gasteiger partial charge in [-0.3, -0.25) is 9.59 Å². The molecule has 5 heteroatoms. The monoisotopic (exact) mass is 342 g/mol. The van der Waals surface area contributed by atoms with Crippen molar-refractivity contribution in [1.29, 1.82) is 0 Å². The van der Waals surface area contributed by atoms with Crippen LogP contribution in [-0.4, -0.2) is 10.9 Å². The molecule has 1 aromatic heterocycles. The lowest BCUT2D eigenvalue weighted by Crippen LogP contribution is -2.22. The third kappa shape index (κ3) is 2.87. The lowest BCUT2D eigenvalue weighted by atomic mass is 10.1. The van der Waals surface area contributed by atoms with E-state index in [-0.39, 0.29) is 5.56 Å². The van der Waals surface area contributed by atoms with Crippen molar-refractivity contribution in [2.75, 3.05) is 5.32 Å². The minimum atomic E-state index is -0.427. The van der Waals surface area contributed by atoms with Gasteiger partial charge in [-0.25, -0.2) is 0 Å². The van der Waals surface area contributed by atoms with Crippen LogP contribution in [0.3, 0.4) is 0 Å². The highest BCUT2D eigenvalue weighted by molar-refractivity contribution is 9.10. The molecule has 0 spiro atoms. The van der Waals surface area contributed by atoms with Crippen molar-refractivity contribution in [2.24, 2.45) is 0 Å². The number of hydrogen-bond acceptors (Lipinski definition) is 2. The maximum atomic E-state index is 12.2. The summed E-state index contributed by atoms with van der Waals surface area (Å²) in [6.07, 6.45) is 0. The molecule has 1 amide bonds. The Morgan fingerprint density at radius 3 is 2.52 bits per heavy atom. The molecule has 0 atom stereocenters. The number of fused-ring (bicyclic) bond motifs is 1. The number of H-pyrrole nitrogens is 1. The highest BCUT2D eigenvalue weighted by Crippen LogP contribution is 2.15. The fourth-order valence-corrected chi connectivity index (χ4v) is 2.31. The predicted molar refractivity (Wildman–Crippen MR) is 86.7 cm³/mol. The summed E-state index contributed by atoms with van der Waals surface area (Å²) in [6.45, 7) is 0. The molecular formula is C16H11BrN2O2. The van der Waals surface area contributed by atoms with Gasteiger partial charge in [-0.2, -0.15) is 0 Å². The summed E-state index contributed by atoms with van der Waals surface area (Å²) in [5.74, 6) is -0.427. The van der Waals surface area contributed by atoms with E-state index in [0.29, 0.717) is 11.2 Å². The first-order valence-electron chi connectivity index (χ1n) is 6.32. The Labute approximate surface area is 128 Å². The van der Waals surface area contributed by atoms with Crippen LogP contribution in [0.25, 0.3) is 10.9 Å². The van der Waals surface area contributed by atoms with Gasteiger partial charge in [0.25, 0.3) is 11.5 Å². The quantitative estimate of drug-likeness (QED) is 0.748. The first kappa shape index (κ1) is 13.6. The third-order valence-electron chi connectivity index (χ3n) is 3.10. The number of aromatic nitrogens is 1. The number of aromatic amines is 1. The van der Waals surface area contributed by atoms with Crippen LogP contribution >= 0.6 is 15.9 Å². The smallest absolute Gasteiger partial charge is 0.261 e. The van der Waals surface area contributed by atoms with Gasteiger partial charge in [0.05, 0.1) is 0 Å². The fraction of sp³-hybridized carbons (Fsp3) is 0. The van der Waals surface area contributed by atoms with Gasteiger partial charge in [-0.15, -0.1) is 0 Å². The number of hydrogen-bond donors (Lipinski definition) is 2. The van der Waals surface area contributed by atoms with Gasteiger partial charge < -0.3 is 10.3 Å². The molecule has 0 unspecified atom stereocenters. The van der Waals surface area contributed by atoms with E-state index in [0.717, 1.165) is 9.86 Å². The van der Waals surface area contributed by atoms with Crippen LogP contribution in [0.15, 0.2) is 63.9 Å². The van der Waals surface area contributed by atoms with Crippen molar-refractivity contribution in [3.05, 3.63) is 75.0 Å². The van der Waals surface area contributed by atoms with Gasteiger partial charge in [0.2, 0.25) is 0 Å². The summed E-state index contributed by atoms with van der Waals surface area (Å²) in [5.41, 5.74) is 1.04. The Hall–Kier alpha value is -2.40. The van der Waals surface area contributed by atoms with E-state index < -0.39 is 11.5 Å². The molecule has 0 aliphatic rings. The van der Waals surface area contributed by atoms with Crippen LogP contribution < -0.4 is 10.9 Å². The van der Waals surface area contributed by atoms with Gasteiger partial charge >= 0.3 is 0 Å². The molecule has 1 heterocycles. The van der Waals surface area contributed by atoms with E-state index in [1.807, 2.05) is 30.3 Å². The molecule has 0 radical (unpaired) electrons. The first-order chi connectivity index (χ1) is 10.1. The number of para-hydroxylation sites is 1. The molecule has 4 nitrogen and oxygen atoms in total. The number of halogens is 1. The minimum Gasteiger partial charge on any atom is -0.322 e. The number of carbonyl (C=O) groups is 1. The standard InChI is InChI=1S/C16H11BrN2O2/c17-11-5-7-12(8-6-11)18-15(20)13-9-10-3-1-2-4-14(10)19-16(13)21/h1-9H,(H,18,20)(H,19,21). The molecule has 0 aliphatic carbocycles. The van der Waals surface area contributed by atoms with Crippen LogP contribution in [0.2, 0.25) is 0 Å². The molecule has 0 saturated heterocycles. The minimum absolute atomic E-state index is 0.0941. The fourth-order valence-electron chi connectivity index (χ4n) is 2.05. The molecule has 3 rings (SSSR count). The van der Waals surface area contributed by atoms with Crippen molar-refractivity contribution < 1.29 is 4.79 Å². The number of pyridine rings is 1. The van der Waals surface area contributed by atoms with Crippen molar-refractivity contribution in [2.45, 2.75) is 0 Å². The molecule has 0 fully saturated rings. The number of carbonyl (C=O) groups excluding carboxylic acids is 1. The topological polar surface area (TPSA) is 62.0 Å². The molecule has 104 valence electrons. The Balaban J connectivity index is 1.95. The summed E-state index contributed by atoms with van der Waals surface area (Å²) < 4.78 is 0.920. The second-order valence-electron chi connectivity index (χ2n) is 4.56. The van der Waals surface area contributed by atoms with Crippen LogP contribution in [0.4, 0.5) is 5.69 Å². The Morgan fingerprint density at radius 1 is 1.05 bits per heavy atom. The van der Waals surface area contributed by atoms with Crippen molar-refractivity contribution in [1.82, 2.24) is 4.98 Å². The summed E-state index contributed by atoms with van der Waals surface area (Å²) in [5, 5.41) is 3.53. The number of anilines is 1. The molecule has 2 N–H and O–H groups in total. The molecule has 0 aliphatic heterocycles. The van der Waals surface area contributed by atoms with Gasteiger partial charge in [-0.05, 0) is 41.8 Å². The van der Waals surface area contributed by atoms with E-state index in [4.69, 9.17) is 0 Å². The van der Waals surface area contributed by atoms with Gasteiger partial charge in [0, 0.05) is 15.7 Å². The van der Waals surface area contributed by atoms with Crippen LogP contribution in [0.1, 0.15) is 10.4 Å². The van der Waals surface area contributed by atoms with E-state index in [1.54, 1.807) is 24.3 Å². The van der Waals surface area contributed by atoms with Gasteiger partial charge in [0.15, 0.2) is 0 Å². The Morgan fingerprint density at radius 2 is 1.76 bits per heavy atom. The zero-order valence-corrected chi connectivity index (χ0v) is 12.5. The molecule has 2 aromatic carbocycles. The van der Waals surface area contributed by atoms with Gasteiger partial charge in [0.1, 0.15) is 5.56 Å². The highest BCUT2D eigenvalue weighted by Gasteiger charge is 2.12. The number of rotatable bonds is 2. The first-order valence-corrected chi connectivity index (χ1v) is 7.12. The molecule has 3 aromatic rings. The lowest BCUT2D eigenvalue weighted by molar-refractivity contribution is 0.102. The zero-order valence-electron chi connectivity index (χ0n) is 10.9. The number of benzene rings is 2. The van der Waals surface area contributed by atoms with Crippen molar-refractivity contribution in [3.8, 4) is 0 Å². The normalized spacial score (nSPS) is 10.5. The maximum Gasteiger partial charge on any atom is 0.261 e. The summed E-state index contributed by atoms with van der Waals surface area (Å²) in [6, 6.07) is 16.1. The van der Waals surface area contributed by atoms with Crippen LogP contribution in [0.5, 0.6) is 0 Å². The summed E-state index contributed by atoms with van der Waals surface area (Å²) in [7, 11) is 0. The lowest BCUT2D eigenvalue weighted by Gasteiger charge is -2.06. The highest BCUT2D eigenvalue weighted by atomic mass is 79.9. The average molecular weight is 343 g/mol. The SMILES string of the molecule is O=C(Nc1ccc(Br)cc1)c1cc2ccccc2[nH]c1=O. The average Bonchev–Trinajstić information content (AvgIpc) is 2.49. The molecule has 21 heavy (non-hydrogen) atoms. The molecule has 0 bridgehead atoms. The second-order valence-corrected chi connectivity index (χ2v) is 5.48. The Bertz CT molecular complexity index is 869. The summed E-state index contributed by atoms with van der Waals surface area (Å²) in [4.78, 5) is 26.9. The van der Waals surface area contributed by atoms with Crippen LogP contribution in [-0.2, 0) is 0 Å². The number of nitrogens with one attached hydrogen (secondary N) is 2. The van der Waals surface area contributed by atoms with E-state index in [1.165, 1.54) is 0 Å². The zero-order chi connectivity index (χ0) is 14.8.